The number of hydrogen-bond donors (Lipinski definition) is 2. The van der Waals surface area contributed by atoms with Crippen LogP contribution < -0.4 is 11.1 Å². The molecule has 0 heterocycles. The van der Waals surface area contributed by atoms with E-state index in [9.17, 15) is 9.18 Å². The first-order valence-electron chi connectivity index (χ1n) is 5.74. The molecule has 1 unspecified atom stereocenters. The molecule has 0 fully saturated rings. The summed E-state index contributed by atoms with van der Waals surface area (Å²) in [6.45, 7) is 0. The number of rotatable bonds is 4. The van der Waals surface area contributed by atoms with E-state index in [1.165, 1.54) is 6.07 Å². The van der Waals surface area contributed by atoms with Gasteiger partial charge in [-0.25, -0.2) is 4.39 Å². The third-order valence-corrected chi connectivity index (χ3v) is 4.61. The molecule has 1 amide bonds. The Balaban J connectivity index is 2.34. The zero-order valence-corrected chi connectivity index (χ0v) is 13.4. The van der Waals surface area contributed by atoms with Gasteiger partial charge in [0.2, 0.25) is 5.91 Å². The van der Waals surface area contributed by atoms with Crippen molar-refractivity contribution in [3.05, 3.63) is 62.8 Å². The van der Waals surface area contributed by atoms with E-state index < -0.39 is 17.8 Å². The van der Waals surface area contributed by atoms with Gasteiger partial charge < -0.3 is 11.1 Å². The number of carbonyl (C=O) groups excluding carboxylic acids is 1. The Morgan fingerprint density at radius 3 is 2.45 bits per heavy atom. The van der Waals surface area contributed by atoms with Gasteiger partial charge in [0.05, 0.1) is 5.69 Å². The number of primary amides is 1. The van der Waals surface area contributed by atoms with Crippen LogP contribution in [0.3, 0.4) is 0 Å². The predicted molar refractivity (Wildman–Crippen MR) is 83.8 cm³/mol. The zero-order chi connectivity index (χ0) is 14.7. The molecule has 0 aliphatic carbocycles. The number of nitrogens with one attached hydrogen (secondary N) is 1. The van der Waals surface area contributed by atoms with Crippen LogP contribution in [0.15, 0.2) is 51.4 Å². The highest BCUT2D eigenvalue weighted by Crippen LogP contribution is 2.28. The maximum Gasteiger partial charge on any atom is 0.244 e. The molecule has 0 aliphatic heterocycles. The van der Waals surface area contributed by atoms with E-state index in [4.69, 9.17) is 5.73 Å². The number of amides is 1. The van der Waals surface area contributed by atoms with Gasteiger partial charge in [-0.15, -0.1) is 0 Å². The molecular weight excluding hydrogens is 391 g/mol. The summed E-state index contributed by atoms with van der Waals surface area (Å²) >= 11 is 6.71. The van der Waals surface area contributed by atoms with Gasteiger partial charge in [0.1, 0.15) is 11.9 Å². The van der Waals surface area contributed by atoms with Crippen LogP contribution in [0, 0.1) is 5.82 Å². The van der Waals surface area contributed by atoms with Crippen molar-refractivity contribution in [3.8, 4) is 0 Å². The molecule has 2 rings (SSSR count). The molecule has 0 saturated carbocycles. The van der Waals surface area contributed by atoms with Crippen molar-refractivity contribution < 1.29 is 9.18 Å². The Labute approximate surface area is 132 Å². The number of carbonyl (C=O) groups is 1. The van der Waals surface area contributed by atoms with Gasteiger partial charge in [-0.05, 0) is 61.7 Å². The maximum atomic E-state index is 13.6. The van der Waals surface area contributed by atoms with Crippen LogP contribution in [0.4, 0.5) is 10.1 Å². The fraction of sp³-hybridized carbons (Fsp3) is 0.0714. The number of para-hydroxylation sites is 1. The second kappa shape index (κ2) is 6.37. The Morgan fingerprint density at radius 2 is 1.85 bits per heavy atom. The SMILES string of the molecule is NC(=O)C(Nc1ccccc1F)c1ccc(Br)c(Br)c1. The molecule has 0 saturated heterocycles. The van der Waals surface area contributed by atoms with Crippen LogP contribution in [0.1, 0.15) is 11.6 Å². The molecule has 3 N–H and O–H groups in total. The largest absolute Gasteiger partial charge is 0.368 e. The van der Waals surface area contributed by atoms with Gasteiger partial charge in [-0.2, -0.15) is 0 Å². The van der Waals surface area contributed by atoms with Crippen molar-refractivity contribution >= 4 is 43.5 Å². The second-order valence-electron chi connectivity index (χ2n) is 4.13. The second-order valence-corrected chi connectivity index (χ2v) is 5.84. The molecule has 0 aliphatic rings. The maximum absolute atomic E-state index is 13.6. The van der Waals surface area contributed by atoms with E-state index in [0.717, 1.165) is 8.95 Å². The molecule has 20 heavy (non-hydrogen) atoms. The Hall–Kier alpha value is -1.40. The normalized spacial score (nSPS) is 11.9. The van der Waals surface area contributed by atoms with Gasteiger partial charge in [0, 0.05) is 8.95 Å². The lowest BCUT2D eigenvalue weighted by Gasteiger charge is -2.18. The number of nitrogens with two attached hydrogens (primary N) is 1. The number of anilines is 1. The summed E-state index contributed by atoms with van der Waals surface area (Å²) in [5, 5.41) is 2.82. The summed E-state index contributed by atoms with van der Waals surface area (Å²) in [6, 6.07) is 10.6. The molecule has 2 aromatic carbocycles. The van der Waals surface area contributed by atoms with Crippen LogP contribution in [-0.2, 0) is 4.79 Å². The Morgan fingerprint density at radius 1 is 1.15 bits per heavy atom. The number of benzene rings is 2. The minimum Gasteiger partial charge on any atom is -0.368 e. The quantitative estimate of drug-likeness (QED) is 0.813. The van der Waals surface area contributed by atoms with Crippen molar-refractivity contribution in [2.45, 2.75) is 6.04 Å². The summed E-state index contributed by atoms with van der Waals surface area (Å²) in [5.41, 5.74) is 6.28. The number of hydrogen-bond acceptors (Lipinski definition) is 2. The van der Waals surface area contributed by atoms with Crippen molar-refractivity contribution in [2.75, 3.05) is 5.32 Å². The van der Waals surface area contributed by atoms with E-state index >= 15 is 0 Å². The highest BCUT2D eigenvalue weighted by Gasteiger charge is 2.19. The van der Waals surface area contributed by atoms with Gasteiger partial charge in [-0.1, -0.05) is 18.2 Å². The summed E-state index contributed by atoms with van der Waals surface area (Å²) in [6.07, 6.45) is 0. The molecule has 2 aromatic rings. The number of halogens is 3. The predicted octanol–water partition coefficient (Wildman–Crippen LogP) is 3.99. The van der Waals surface area contributed by atoms with Gasteiger partial charge in [0.15, 0.2) is 0 Å². The lowest BCUT2D eigenvalue weighted by Crippen LogP contribution is -2.28. The molecular formula is C14H11Br2FN2O. The van der Waals surface area contributed by atoms with E-state index in [1.54, 1.807) is 36.4 Å². The van der Waals surface area contributed by atoms with E-state index in [2.05, 4.69) is 37.2 Å². The van der Waals surface area contributed by atoms with Crippen LogP contribution in [0.25, 0.3) is 0 Å². The highest BCUT2D eigenvalue weighted by atomic mass is 79.9. The Kier molecular flexibility index (Phi) is 4.77. The first-order valence-corrected chi connectivity index (χ1v) is 7.33. The first kappa shape index (κ1) is 15.0. The molecule has 0 spiro atoms. The summed E-state index contributed by atoms with van der Waals surface area (Å²) in [5.74, 6) is -1.02. The van der Waals surface area contributed by atoms with Gasteiger partial charge in [-0.3, -0.25) is 4.79 Å². The monoisotopic (exact) mass is 400 g/mol. The molecule has 104 valence electrons. The van der Waals surface area contributed by atoms with Crippen molar-refractivity contribution in [1.29, 1.82) is 0 Å². The highest BCUT2D eigenvalue weighted by molar-refractivity contribution is 9.13. The molecule has 1 atom stereocenters. The van der Waals surface area contributed by atoms with Crippen molar-refractivity contribution in [1.82, 2.24) is 0 Å². The average molecular weight is 402 g/mol. The lowest BCUT2D eigenvalue weighted by atomic mass is 10.1. The molecule has 3 nitrogen and oxygen atoms in total. The molecule has 0 bridgehead atoms. The van der Waals surface area contributed by atoms with Crippen LogP contribution in [-0.4, -0.2) is 5.91 Å². The third kappa shape index (κ3) is 3.37. The van der Waals surface area contributed by atoms with Crippen molar-refractivity contribution in [3.63, 3.8) is 0 Å². The van der Waals surface area contributed by atoms with Gasteiger partial charge >= 0.3 is 0 Å². The summed E-state index contributed by atoms with van der Waals surface area (Å²) in [7, 11) is 0. The third-order valence-electron chi connectivity index (χ3n) is 2.74. The fourth-order valence-corrected chi connectivity index (χ4v) is 2.39. The summed E-state index contributed by atoms with van der Waals surface area (Å²) < 4.78 is 15.3. The first-order chi connectivity index (χ1) is 9.49. The molecule has 0 radical (unpaired) electrons. The molecule has 0 aromatic heterocycles. The zero-order valence-electron chi connectivity index (χ0n) is 10.2. The van der Waals surface area contributed by atoms with Crippen LogP contribution in [0.2, 0.25) is 0 Å². The van der Waals surface area contributed by atoms with Crippen LogP contribution in [0.5, 0.6) is 0 Å². The van der Waals surface area contributed by atoms with Crippen molar-refractivity contribution in [2.24, 2.45) is 5.73 Å². The average Bonchev–Trinajstić information content (AvgIpc) is 2.41. The minimum absolute atomic E-state index is 0.232. The fourth-order valence-electron chi connectivity index (χ4n) is 1.74. The van der Waals surface area contributed by atoms with E-state index in [-0.39, 0.29) is 5.69 Å². The topological polar surface area (TPSA) is 55.1 Å². The minimum atomic E-state index is -0.809. The van der Waals surface area contributed by atoms with Gasteiger partial charge in [0.25, 0.3) is 0 Å². The summed E-state index contributed by atoms with van der Waals surface area (Å²) in [4.78, 5) is 11.6. The van der Waals surface area contributed by atoms with E-state index in [1.807, 2.05) is 0 Å². The lowest BCUT2D eigenvalue weighted by molar-refractivity contribution is -0.118. The molecule has 6 heteroatoms. The van der Waals surface area contributed by atoms with Crippen LogP contribution >= 0.6 is 31.9 Å². The smallest absolute Gasteiger partial charge is 0.244 e. The standard InChI is InChI=1S/C14H11Br2FN2O/c15-9-6-5-8(7-10(9)16)13(14(18)20)19-12-4-2-1-3-11(12)17/h1-7,13,19H,(H2,18,20). The van der Waals surface area contributed by atoms with E-state index in [0.29, 0.717) is 5.56 Å². The Bertz CT molecular complexity index is 649.